The van der Waals surface area contributed by atoms with Gasteiger partial charge in [0.25, 0.3) is 0 Å². The molecule has 1 atom stereocenters. The molecule has 3 aromatic heterocycles. The van der Waals surface area contributed by atoms with E-state index in [9.17, 15) is 9.18 Å². The SMILES string of the molecule is CCOC(=O)c1cnn2ccc(N3CCC[C@@H]3c3cc(F)cnc3C#CC(C)(C)N(CC)CC)nc12. The monoisotopic (exact) mass is 492 g/mol. The number of carbonyl (C=O) groups is 1. The molecule has 3 aromatic rings. The summed E-state index contributed by atoms with van der Waals surface area (Å²) in [6, 6.07) is 3.25. The minimum absolute atomic E-state index is 0.141. The smallest absolute Gasteiger partial charge is 0.343 e. The predicted molar refractivity (Wildman–Crippen MR) is 136 cm³/mol. The number of hydrogen-bond donors (Lipinski definition) is 0. The number of pyridine rings is 1. The Kier molecular flexibility index (Phi) is 7.55. The first-order chi connectivity index (χ1) is 17.3. The van der Waals surface area contributed by atoms with Crippen LogP contribution in [0, 0.1) is 17.7 Å². The van der Waals surface area contributed by atoms with Gasteiger partial charge in [0.2, 0.25) is 0 Å². The molecule has 0 spiro atoms. The molecule has 1 aliphatic rings. The summed E-state index contributed by atoms with van der Waals surface area (Å²) in [7, 11) is 0. The third-order valence-electron chi connectivity index (χ3n) is 6.68. The van der Waals surface area contributed by atoms with Crippen LogP contribution in [0.3, 0.4) is 0 Å². The quantitative estimate of drug-likeness (QED) is 0.360. The van der Waals surface area contributed by atoms with E-state index in [0.29, 0.717) is 22.7 Å². The van der Waals surface area contributed by atoms with Gasteiger partial charge in [-0.2, -0.15) is 5.10 Å². The van der Waals surface area contributed by atoms with Gasteiger partial charge in [-0.3, -0.25) is 4.90 Å². The first-order valence-electron chi connectivity index (χ1n) is 12.5. The van der Waals surface area contributed by atoms with Gasteiger partial charge in [-0.1, -0.05) is 19.8 Å². The topological polar surface area (TPSA) is 75.9 Å². The summed E-state index contributed by atoms with van der Waals surface area (Å²) in [6.45, 7) is 12.9. The van der Waals surface area contributed by atoms with Crippen LogP contribution in [0.4, 0.5) is 10.2 Å². The van der Waals surface area contributed by atoms with Crippen LogP contribution in [0.25, 0.3) is 5.65 Å². The van der Waals surface area contributed by atoms with Crippen LogP contribution in [0.1, 0.15) is 75.1 Å². The molecule has 0 unspecified atom stereocenters. The first kappa shape index (κ1) is 25.6. The van der Waals surface area contributed by atoms with Gasteiger partial charge in [-0.25, -0.2) is 23.7 Å². The molecule has 0 amide bonds. The summed E-state index contributed by atoms with van der Waals surface area (Å²) in [5.41, 5.74) is 1.72. The first-order valence-corrected chi connectivity index (χ1v) is 12.5. The fourth-order valence-electron chi connectivity index (χ4n) is 4.86. The Bertz CT molecular complexity index is 1300. The lowest BCUT2D eigenvalue weighted by molar-refractivity contribution is 0.0528. The minimum Gasteiger partial charge on any atom is -0.462 e. The van der Waals surface area contributed by atoms with Crippen LogP contribution in [0.5, 0.6) is 0 Å². The molecule has 1 fully saturated rings. The number of hydrogen-bond acceptors (Lipinski definition) is 7. The zero-order valence-corrected chi connectivity index (χ0v) is 21.6. The highest BCUT2D eigenvalue weighted by Crippen LogP contribution is 2.37. The van der Waals surface area contributed by atoms with Gasteiger partial charge in [0.15, 0.2) is 5.65 Å². The molecular weight excluding hydrogens is 459 g/mol. The number of aromatic nitrogens is 4. The molecule has 4 heterocycles. The van der Waals surface area contributed by atoms with E-state index >= 15 is 0 Å². The van der Waals surface area contributed by atoms with Crippen LogP contribution in [0.15, 0.2) is 30.7 Å². The normalized spacial score (nSPS) is 15.9. The summed E-state index contributed by atoms with van der Waals surface area (Å²) in [4.78, 5) is 25.9. The molecule has 9 heteroatoms. The fraction of sp³-hybridized carbons (Fsp3) is 0.481. The highest BCUT2D eigenvalue weighted by Gasteiger charge is 2.31. The maximum absolute atomic E-state index is 14.4. The van der Waals surface area contributed by atoms with Crippen molar-refractivity contribution >= 4 is 17.4 Å². The molecule has 0 aliphatic carbocycles. The Morgan fingerprint density at radius 2 is 2.06 bits per heavy atom. The van der Waals surface area contributed by atoms with Crippen molar-refractivity contribution in [1.29, 1.82) is 0 Å². The van der Waals surface area contributed by atoms with Gasteiger partial charge in [0.1, 0.15) is 22.9 Å². The molecule has 1 aliphatic heterocycles. The Morgan fingerprint density at radius 3 is 2.78 bits per heavy atom. The van der Waals surface area contributed by atoms with E-state index in [2.05, 4.69) is 59.4 Å². The maximum Gasteiger partial charge on any atom is 0.343 e. The summed E-state index contributed by atoms with van der Waals surface area (Å²) < 4.78 is 21.1. The van der Waals surface area contributed by atoms with Crippen LogP contribution >= 0.6 is 0 Å². The van der Waals surface area contributed by atoms with Crippen molar-refractivity contribution in [2.24, 2.45) is 0 Å². The number of halogens is 1. The van der Waals surface area contributed by atoms with Gasteiger partial charge in [0.05, 0.1) is 30.6 Å². The minimum atomic E-state index is -0.460. The van der Waals surface area contributed by atoms with E-state index < -0.39 is 11.8 Å². The average molecular weight is 493 g/mol. The van der Waals surface area contributed by atoms with Crippen molar-refractivity contribution in [2.75, 3.05) is 31.1 Å². The van der Waals surface area contributed by atoms with E-state index in [1.54, 1.807) is 17.6 Å². The second kappa shape index (κ2) is 10.6. The number of anilines is 1. The maximum atomic E-state index is 14.4. The number of rotatable bonds is 7. The molecule has 190 valence electrons. The van der Waals surface area contributed by atoms with Crippen LogP contribution in [0.2, 0.25) is 0 Å². The number of esters is 1. The standard InChI is InChI=1S/C27H33FN6O2/c1-6-32(7-2)27(4,5)13-11-22-20(16-19(28)17-29-22)23-10-9-14-33(23)24-12-15-34-25(31-24)21(18-30-34)26(35)36-8-3/h12,15-18,23H,6-10,14H2,1-5H3/t23-/m1/s1. The third kappa shape index (κ3) is 5.05. The van der Waals surface area contributed by atoms with Crippen LogP contribution < -0.4 is 4.90 Å². The number of nitrogens with zero attached hydrogens (tertiary/aromatic N) is 6. The number of ether oxygens (including phenoxy) is 1. The Morgan fingerprint density at radius 1 is 1.28 bits per heavy atom. The zero-order chi connectivity index (χ0) is 25.9. The van der Waals surface area contributed by atoms with E-state index in [1.165, 1.54) is 18.5 Å². The molecule has 0 bridgehead atoms. The molecule has 0 radical (unpaired) electrons. The summed E-state index contributed by atoms with van der Waals surface area (Å²) in [5.74, 6) is 6.44. The van der Waals surface area contributed by atoms with Crippen molar-refractivity contribution in [2.45, 2.75) is 59.0 Å². The van der Waals surface area contributed by atoms with Gasteiger partial charge in [-0.15, -0.1) is 0 Å². The van der Waals surface area contributed by atoms with Crippen molar-refractivity contribution in [3.05, 3.63) is 53.4 Å². The molecule has 0 aromatic carbocycles. The molecule has 0 N–H and O–H groups in total. The highest BCUT2D eigenvalue weighted by molar-refractivity contribution is 5.95. The Labute approximate surface area is 211 Å². The Hall–Kier alpha value is -3.51. The molecule has 36 heavy (non-hydrogen) atoms. The van der Waals surface area contributed by atoms with E-state index in [0.717, 1.165) is 38.0 Å². The third-order valence-corrected chi connectivity index (χ3v) is 6.68. The summed E-state index contributed by atoms with van der Waals surface area (Å²) in [5, 5.41) is 4.22. The lowest BCUT2D eigenvalue weighted by Gasteiger charge is -2.32. The molecule has 4 rings (SSSR count). The second-order valence-corrected chi connectivity index (χ2v) is 9.26. The lowest BCUT2D eigenvalue weighted by Crippen LogP contribution is -2.42. The second-order valence-electron chi connectivity index (χ2n) is 9.26. The molecule has 1 saturated heterocycles. The average Bonchev–Trinajstić information content (AvgIpc) is 3.51. The molecule has 0 saturated carbocycles. The highest BCUT2D eigenvalue weighted by atomic mass is 19.1. The summed E-state index contributed by atoms with van der Waals surface area (Å²) >= 11 is 0. The number of carbonyl (C=O) groups excluding carboxylic acids is 1. The zero-order valence-electron chi connectivity index (χ0n) is 21.6. The predicted octanol–water partition coefficient (Wildman–Crippen LogP) is 4.25. The van der Waals surface area contributed by atoms with Crippen LogP contribution in [-0.2, 0) is 4.74 Å². The van der Waals surface area contributed by atoms with Crippen molar-refractivity contribution < 1.29 is 13.9 Å². The van der Waals surface area contributed by atoms with Crippen LogP contribution in [-0.4, -0.2) is 62.2 Å². The largest absolute Gasteiger partial charge is 0.462 e. The number of fused-ring (bicyclic) bond motifs is 1. The van der Waals surface area contributed by atoms with Gasteiger partial charge in [0, 0.05) is 18.3 Å². The van der Waals surface area contributed by atoms with E-state index in [-0.39, 0.29) is 18.2 Å². The summed E-state index contributed by atoms with van der Waals surface area (Å²) in [6.07, 6.45) is 6.19. The van der Waals surface area contributed by atoms with E-state index in [4.69, 9.17) is 9.72 Å². The molecular formula is C27H33FN6O2. The van der Waals surface area contributed by atoms with Crippen molar-refractivity contribution in [3.63, 3.8) is 0 Å². The fourth-order valence-corrected chi connectivity index (χ4v) is 4.86. The van der Waals surface area contributed by atoms with Gasteiger partial charge >= 0.3 is 5.97 Å². The van der Waals surface area contributed by atoms with Gasteiger partial charge in [-0.05, 0) is 64.8 Å². The van der Waals surface area contributed by atoms with Crippen molar-refractivity contribution in [3.8, 4) is 11.8 Å². The lowest BCUT2D eigenvalue weighted by atomic mass is 10.00. The molecule has 8 nitrogen and oxygen atoms in total. The Balaban J connectivity index is 1.72. The van der Waals surface area contributed by atoms with E-state index in [1.807, 2.05) is 6.07 Å². The van der Waals surface area contributed by atoms with Gasteiger partial charge < -0.3 is 9.64 Å². The van der Waals surface area contributed by atoms with Crippen molar-refractivity contribution in [1.82, 2.24) is 24.5 Å².